The van der Waals surface area contributed by atoms with E-state index in [1.54, 1.807) is 0 Å². The van der Waals surface area contributed by atoms with Gasteiger partial charge in [0, 0.05) is 32.2 Å². The Morgan fingerprint density at radius 3 is 2.82 bits per heavy atom. The Kier molecular flexibility index (Phi) is 5.87. The molecule has 150 valence electrons. The minimum Gasteiger partial charge on any atom is -0.369 e. The third-order valence-corrected chi connectivity index (χ3v) is 7.14. The van der Waals surface area contributed by atoms with E-state index in [0.717, 1.165) is 55.7 Å². The topological polar surface area (TPSA) is 59.4 Å². The Labute approximate surface area is 168 Å². The molecule has 1 N–H and O–H groups in total. The van der Waals surface area contributed by atoms with Gasteiger partial charge >= 0.3 is 0 Å². The smallest absolute Gasteiger partial charge is 0.234 e. The van der Waals surface area contributed by atoms with Crippen molar-refractivity contribution in [3.63, 3.8) is 0 Å². The van der Waals surface area contributed by atoms with Crippen LogP contribution in [-0.2, 0) is 4.79 Å². The first-order valence-corrected chi connectivity index (χ1v) is 10.9. The Bertz CT molecular complexity index is 742. The lowest BCUT2D eigenvalue weighted by Gasteiger charge is -2.29. The maximum Gasteiger partial charge on any atom is 0.234 e. The zero-order valence-corrected chi connectivity index (χ0v) is 16.9. The molecule has 1 heterocycles. The van der Waals surface area contributed by atoms with Crippen LogP contribution in [0.3, 0.4) is 0 Å². The fraction of sp³-hybridized carbons (Fsp3) is 0.652. The summed E-state index contributed by atoms with van der Waals surface area (Å²) in [5.74, 6) is 2.61. The average molecular weight is 381 g/mol. The summed E-state index contributed by atoms with van der Waals surface area (Å²) in [6, 6.07) is 10.4. The van der Waals surface area contributed by atoms with Gasteiger partial charge in [0.2, 0.25) is 5.91 Å². The van der Waals surface area contributed by atoms with Gasteiger partial charge in [0.25, 0.3) is 0 Å². The molecular formula is C23H32N4O. The molecule has 2 saturated carbocycles. The van der Waals surface area contributed by atoms with Crippen molar-refractivity contribution in [1.29, 1.82) is 5.26 Å². The SMILES string of the molecule is C[C@@H](NC(=O)CN1CCCN(c2ccccc2C#N)CC1)[C@H]1C[C@H]2CC[C@H]1C2. The summed E-state index contributed by atoms with van der Waals surface area (Å²) in [5, 5.41) is 12.7. The first kappa shape index (κ1) is 19.3. The molecular weight excluding hydrogens is 348 g/mol. The molecule has 1 saturated heterocycles. The maximum atomic E-state index is 12.6. The number of benzene rings is 1. The van der Waals surface area contributed by atoms with Crippen LogP contribution < -0.4 is 10.2 Å². The summed E-state index contributed by atoms with van der Waals surface area (Å²) >= 11 is 0. The quantitative estimate of drug-likeness (QED) is 0.853. The van der Waals surface area contributed by atoms with Crippen molar-refractivity contribution in [2.45, 2.75) is 45.1 Å². The molecule has 0 aromatic heterocycles. The maximum absolute atomic E-state index is 12.6. The second-order valence-electron chi connectivity index (χ2n) is 8.94. The second-order valence-corrected chi connectivity index (χ2v) is 8.94. The van der Waals surface area contributed by atoms with Crippen LogP contribution in [0.25, 0.3) is 0 Å². The van der Waals surface area contributed by atoms with Crippen LogP contribution in [0.4, 0.5) is 5.69 Å². The minimum atomic E-state index is 0.168. The van der Waals surface area contributed by atoms with E-state index in [9.17, 15) is 10.1 Å². The minimum absolute atomic E-state index is 0.168. The fourth-order valence-corrected chi connectivity index (χ4v) is 5.73. The van der Waals surface area contributed by atoms with Crippen LogP contribution in [0.15, 0.2) is 24.3 Å². The van der Waals surface area contributed by atoms with Crippen molar-refractivity contribution in [3.8, 4) is 6.07 Å². The number of carbonyl (C=O) groups excluding carboxylic acids is 1. The molecule has 2 aliphatic carbocycles. The zero-order valence-electron chi connectivity index (χ0n) is 16.9. The van der Waals surface area contributed by atoms with E-state index in [0.29, 0.717) is 18.5 Å². The Morgan fingerprint density at radius 2 is 2.07 bits per heavy atom. The first-order valence-electron chi connectivity index (χ1n) is 10.9. The van der Waals surface area contributed by atoms with E-state index in [-0.39, 0.29) is 5.91 Å². The number of amides is 1. The fourth-order valence-electron chi connectivity index (χ4n) is 5.73. The summed E-state index contributed by atoms with van der Waals surface area (Å²) in [6.07, 6.45) is 6.47. The van der Waals surface area contributed by atoms with Crippen molar-refractivity contribution in [2.75, 3.05) is 37.6 Å². The summed E-state index contributed by atoms with van der Waals surface area (Å²) in [6.45, 7) is 6.26. The second kappa shape index (κ2) is 8.53. The van der Waals surface area contributed by atoms with Crippen molar-refractivity contribution >= 4 is 11.6 Å². The summed E-state index contributed by atoms with van der Waals surface area (Å²) in [4.78, 5) is 17.2. The van der Waals surface area contributed by atoms with E-state index in [1.165, 1.54) is 25.7 Å². The third-order valence-electron chi connectivity index (χ3n) is 7.14. The van der Waals surface area contributed by atoms with Crippen LogP contribution in [0.5, 0.6) is 0 Å². The lowest BCUT2D eigenvalue weighted by atomic mass is 9.84. The molecule has 2 bridgehead atoms. The number of nitriles is 1. The zero-order chi connectivity index (χ0) is 19.5. The molecule has 0 unspecified atom stereocenters. The van der Waals surface area contributed by atoms with Gasteiger partial charge in [-0.3, -0.25) is 9.69 Å². The number of carbonyl (C=O) groups is 1. The largest absolute Gasteiger partial charge is 0.369 e. The molecule has 28 heavy (non-hydrogen) atoms. The van der Waals surface area contributed by atoms with E-state index in [2.05, 4.69) is 28.1 Å². The molecule has 5 heteroatoms. The monoisotopic (exact) mass is 380 g/mol. The molecule has 1 aliphatic heterocycles. The van der Waals surface area contributed by atoms with Gasteiger partial charge in [-0.25, -0.2) is 0 Å². The molecule has 3 aliphatic rings. The normalized spacial score (nSPS) is 28.6. The average Bonchev–Trinajstić information content (AvgIpc) is 3.26. The van der Waals surface area contributed by atoms with Gasteiger partial charge in [-0.05, 0) is 62.5 Å². The highest BCUT2D eigenvalue weighted by Crippen LogP contribution is 2.49. The number of anilines is 1. The first-order chi connectivity index (χ1) is 13.6. The Balaban J connectivity index is 1.27. The predicted octanol–water partition coefficient (Wildman–Crippen LogP) is 3.01. The van der Waals surface area contributed by atoms with Crippen LogP contribution in [0.2, 0.25) is 0 Å². The molecule has 1 amide bonds. The van der Waals surface area contributed by atoms with Gasteiger partial charge in [0.05, 0.1) is 17.8 Å². The molecule has 1 aromatic rings. The number of nitrogens with zero attached hydrogens (tertiary/aromatic N) is 3. The molecule has 4 atom stereocenters. The number of hydrogen-bond acceptors (Lipinski definition) is 4. The van der Waals surface area contributed by atoms with Gasteiger partial charge in [0.15, 0.2) is 0 Å². The van der Waals surface area contributed by atoms with Crippen molar-refractivity contribution in [2.24, 2.45) is 17.8 Å². The Morgan fingerprint density at radius 1 is 1.21 bits per heavy atom. The number of rotatable bonds is 5. The summed E-state index contributed by atoms with van der Waals surface area (Å²) in [7, 11) is 0. The summed E-state index contributed by atoms with van der Waals surface area (Å²) < 4.78 is 0. The standard InChI is InChI=1S/C23H32N4O/c1-17(21-14-18-7-8-19(21)13-18)25-23(28)16-26-9-4-10-27(12-11-26)22-6-3-2-5-20(22)15-24/h2-3,5-6,17-19,21H,4,7-14,16H2,1H3,(H,25,28)/t17-,18+,19+,21-/m1/s1. The van der Waals surface area contributed by atoms with Gasteiger partial charge in [-0.15, -0.1) is 0 Å². The number of fused-ring (bicyclic) bond motifs is 2. The third kappa shape index (κ3) is 4.17. The van der Waals surface area contributed by atoms with Crippen LogP contribution in [0.1, 0.15) is 44.6 Å². The van der Waals surface area contributed by atoms with Gasteiger partial charge in [-0.1, -0.05) is 18.6 Å². The highest BCUT2D eigenvalue weighted by atomic mass is 16.2. The molecule has 3 fully saturated rings. The Hall–Kier alpha value is -2.06. The molecule has 0 radical (unpaired) electrons. The van der Waals surface area contributed by atoms with E-state index >= 15 is 0 Å². The van der Waals surface area contributed by atoms with Gasteiger partial charge in [-0.2, -0.15) is 5.26 Å². The van der Waals surface area contributed by atoms with Crippen molar-refractivity contribution < 1.29 is 4.79 Å². The van der Waals surface area contributed by atoms with E-state index in [1.807, 2.05) is 24.3 Å². The molecule has 0 spiro atoms. The highest BCUT2D eigenvalue weighted by molar-refractivity contribution is 5.78. The van der Waals surface area contributed by atoms with Crippen molar-refractivity contribution in [1.82, 2.24) is 10.2 Å². The van der Waals surface area contributed by atoms with E-state index < -0.39 is 0 Å². The number of hydrogen-bond donors (Lipinski definition) is 1. The van der Waals surface area contributed by atoms with Crippen molar-refractivity contribution in [3.05, 3.63) is 29.8 Å². The van der Waals surface area contributed by atoms with Crippen LogP contribution in [0, 0.1) is 29.1 Å². The van der Waals surface area contributed by atoms with Gasteiger partial charge in [0.1, 0.15) is 6.07 Å². The highest BCUT2D eigenvalue weighted by Gasteiger charge is 2.42. The number of para-hydroxylation sites is 1. The summed E-state index contributed by atoms with van der Waals surface area (Å²) in [5.41, 5.74) is 1.74. The predicted molar refractivity (Wildman–Crippen MR) is 111 cm³/mol. The number of nitrogens with one attached hydrogen (secondary N) is 1. The lowest BCUT2D eigenvalue weighted by molar-refractivity contribution is -0.123. The van der Waals surface area contributed by atoms with Crippen LogP contribution in [-0.4, -0.2) is 49.6 Å². The lowest BCUT2D eigenvalue weighted by Crippen LogP contribution is -2.45. The van der Waals surface area contributed by atoms with Gasteiger partial charge < -0.3 is 10.2 Å². The molecule has 1 aromatic carbocycles. The van der Waals surface area contributed by atoms with Crippen LogP contribution >= 0.6 is 0 Å². The van der Waals surface area contributed by atoms with E-state index in [4.69, 9.17) is 0 Å². The molecule has 4 rings (SSSR count). The molecule has 5 nitrogen and oxygen atoms in total.